The molecule has 0 saturated carbocycles. The Balaban J connectivity index is 2.72. The molecule has 1 rings (SSSR count). The van der Waals surface area contributed by atoms with E-state index in [1.165, 1.54) is 13.2 Å². The average Bonchev–Trinajstić information content (AvgIpc) is 2.30. The van der Waals surface area contributed by atoms with Gasteiger partial charge in [-0.1, -0.05) is 0 Å². The van der Waals surface area contributed by atoms with Crippen molar-refractivity contribution in [3.8, 4) is 11.8 Å². The molecule has 1 aromatic carbocycles. The lowest BCUT2D eigenvalue weighted by molar-refractivity contribution is -0.155. The van der Waals surface area contributed by atoms with Gasteiger partial charge in [0.2, 0.25) is 0 Å². The Hall–Kier alpha value is -1.42. The zero-order valence-corrected chi connectivity index (χ0v) is 11.0. The SMILES string of the molecule is COc1cc(NCC(C#N)C(F)(F)F)ccc1Br. The summed E-state index contributed by atoms with van der Waals surface area (Å²) in [6.45, 7) is -0.495. The molecule has 1 unspecified atom stereocenters. The highest BCUT2D eigenvalue weighted by molar-refractivity contribution is 9.10. The number of anilines is 1. The highest BCUT2D eigenvalue weighted by atomic mass is 79.9. The topological polar surface area (TPSA) is 45.0 Å². The van der Waals surface area contributed by atoms with Gasteiger partial charge in [0.05, 0.1) is 17.7 Å². The minimum Gasteiger partial charge on any atom is -0.495 e. The van der Waals surface area contributed by atoms with Crippen LogP contribution >= 0.6 is 15.9 Å². The van der Waals surface area contributed by atoms with Gasteiger partial charge in [0, 0.05) is 18.3 Å². The minimum absolute atomic E-state index is 0.458. The number of ether oxygens (including phenoxy) is 1. The summed E-state index contributed by atoms with van der Waals surface area (Å²) < 4.78 is 42.7. The molecule has 7 heteroatoms. The van der Waals surface area contributed by atoms with Crippen LogP contribution in [0.1, 0.15) is 0 Å². The third kappa shape index (κ3) is 3.81. The molecule has 1 N–H and O–H groups in total. The monoisotopic (exact) mass is 322 g/mol. The maximum absolute atomic E-state index is 12.3. The summed E-state index contributed by atoms with van der Waals surface area (Å²) in [7, 11) is 1.46. The summed E-state index contributed by atoms with van der Waals surface area (Å²) in [5.74, 6) is -1.53. The van der Waals surface area contributed by atoms with E-state index in [9.17, 15) is 13.2 Å². The molecule has 0 aliphatic rings. The van der Waals surface area contributed by atoms with E-state index in [1.807, 2.05) is 0 Å². The van der Waals surface area contributed by atoms with E-state index in [4.69, 9.17) is 10.00 Å². The lowest BCUT2D eigenvalue weighted by Gasteiger charge is -2.15. The number of hydrogen-bond donors (Lipinski definition) is 1. The summed E-state index contributed by atoms with van der Waals surface area (Å²) in [6, 6.07) is 6.02. The van der Waals surface area contributed by atoms with Gasteiger partial charge in [0.1, 0.15) is 5.75 Å². The van der Waals surface area contributed by atoms with E-state index >= 15 is 0 Å². The van der Waals surface area contributed by atoms with Crippen molar-refractivity contribution in [3.05, 3.63) is 22.7 Å². The average molecular weight is 323 g/mol. The second-order valence-corrected chi connectivity index (χ2v) is 4.31. The molecule has 1 atom stereocenters. The van der Waals surface area contributed by atoms with Crippen molar-refractivity contribution in [2.24, 2.45) is 5.92 Å². The Bertz CT molecular complexity index is 457. The van der Waals surface area contributed by atoms with Crippen LogP contribution in [0.25, 0.3) is 0 Å². The molecular formula is C11H10BrF3N2O. The summed E-state index contributed by atoms with van der Waals surface area (Å²) >= 11 is 3.23. The van der Waals surface area contributed by atoms with E-state index < -0.39 is 18.6 Å². The number of halogens is 4. The quantitative estimate of drug-likeness (QED) is 0.921. The number of rotatable bonds is 4. The number of hydrogen-bond acceptors (Lipinski definition) is 3. The largest absolute Gasteiger partial charge is 0.495 e. The number of nitrogens with one attached hydrogen (secondary N) is 1. The number of nitriles is 1. The van der Waals surface area contributed by atoms with Gasteiger partial charge in [-0.05, 0) is 28.1 Å². The number of nitrogens with zero attached hydrogens (tertiary/aromatic N) is 1. The molecule has 0 amide bonds. The van der Waals surface area contributed by atoms with Crippen LogP contribution in [0.5, 0.6) is 5.75 Å². The van der Waals surface area contributed by atoms with E-state index in [-0.39, 0.29) is 0 Å². The first-order chi connectivity index (χ1) is 8.38. The van der Waals surface area contributed by atoms with Crippen LogP contribution in [0, 0.1) is 17.2 Å². The highest BCUT2D eigenvalue weighted by Gasteiger charge is 2.39. The van der Waals surface area contributed by atoms with Crippen LogP contribution in [0.3, 0.4) is 0 Å². The van der Waals surface area contributed by atoms with Gasteiger partial charge in [-0.2, -0.15) is 18.4 Å². The van der Waals surface area contributed by atoms with Gasteiger partial charge in [-0.3, -0.25) is 0 Å². The van der Waals surface area contributed by atoms with Crippen LogP contribution in [-0.2, 0) is 0 Å². The van der Waals surface area contributed by atoms with Crippen molar-refractivity contribution in [1.82, 2.24) is 0 Å². The Morgan fingerprint density at radius 1 is 1.50 bits per heavy atom. The van der Waals surface area contributed by atoms with Gasteiger partial charge in [-0.25, -0.2) is 0 Å². The number of alkyl halides is 3. The van der Waals surface area contributed by atoms with Crippen molar-refractivity contribution >= 4 is 21.6 Å². The van der Waals surface area contributed by atoms with Crippen LogP contribution in [-0.4, -0.2) is 19.8 Å². The highest BCUT2D eigenvalue weighted by Crippen LogP contribution is 2.29. The molecule has 98 valence electrons. The lowest BCUT2D eigenvalue weighted by Crippen LogP contribution is -2.28. The fourth-order valence-electron chi connectivity index (χ4n) is 1.22. The van der Waals surface area contributed by atoms with Crippen molar-refractivity contribution in [3.63, 3.8) is 0 Å². The molecule has 0 saturated heterocycles. The van der Waals surface area contributed by atoms with E-state index in [1.54, 1.807) is 18.2 Å². The Morgan fingerprint density at radius 3 is 2.67 bits per heavy atom. The molecule has 0 aromatic heterocycles. The molecule has 0 aliphatic heterocycles. The van der Waals surface area contributed by atoms with Crippen molar-refractivity contribution < 1.29 is 17.9 Å². The molecule has 0 heterocycles. The molecular weight excluding hydrogens is 313 g/mol. The lowest BCUT2D eigenvalue weighted by atomic mass is 10.1. The molecule has 18 heavy (non-hydrogen) atoms. The van der Waals surface area contributed by atoms with Crippen molar-refractivity contribution in [2.45, 2.75) is 6.18 Å². The minimum atomic E-state index is -4.53. The number of benzene rings is 1. The van der Waals surface area contributed by atoms with Gasteiger partial charge in [0.25, 0.3) is 0 Å². The molecule has 0 bridgehead atoms. The molecule has 1 aromatic rings. The van der Waals surface area contributed by atoms with Crippen molar-refractivity contribution in [2.75, 3.05) is 19.0 Å². The maximum atomic E-state index is 12.3. The van der Waals surface area contributed by atoms with E-state index in [0.717, 1.165) is 0 Å². The normalized spacial score (nSPS) is 12.7. The van der Waals surface area contributed by atoms with E-state index in [2.05, 4.69) is 21.2 Å². The predicted octanol–water partition coefficient (Wildman–Crippen LogP) is 3.57. The maximum Gasteiger partial charge on any atom is 0.406 e. The Kier molecular flexibility index (Phi) is 4.84. The van der Waals surface area contributed by atoms with Crippen LogP contribution < -0.4 is 10.1 Å². The van der Waals surface area contributed by atoms with Crippen LogP contribution in [0.2, 0.25) is 0 Å². The second-order valence-electron chi connectivity index (χ2n) is 3.45. The van der Waals surface area contributed by atoms with Gasteiger partial charge < -0.3 is 10.1 Å². The number of methoxy groups -OCH3 is 1. The summed E-state index contributed by atoms with van der Waals surface area (Å²) in [4.78, 5) is 0. The first kappa shape index (κ1) is 14.6. The van der Waals surface area contributed by atoms with Crippen LogP contribution in [0.4, 0.5) is 18.9 Å². The zero-order valence-electron chi connectivity index (χ0n) is 9.38. The van der Waals surface area contributed by atoms with Gasteiger partial charge in [0.15, 0.2) is 5.92 Å². The van der Waals surface area contributed by atoms with Crippen molar-refractivity contribution in [1.29, 1.82) is 5.26 Å². The van der Waals surface area contributed by atoms with Crippen LogP contribution in [0.15, 0.2) is 22.7 Å². The zero-order chi connectivity index (χ0) is 13.8. The van der Waals surface area contributed by atoms with E-state index in [0.29, 0.717) is 15.9 Å². The molecule has 0 spiro atoms. The first-order valence-electron chi connectivity index (χ1n) is 4.92. The molecule has 0 fully saturated rings. The first-order valence-corrected chi connectivity index (χ1v) is 5.71. The van der Waals surface area contributed by atoms with Gasteiger partial charge >= 0.3 is 6.18 Å². The summed E-state index contributed by atoms with van der Waals surface area (Å²) in [5, 5.41) is 11.0. The van der Waals surface area contributed by atoms with Gasteiger partial charge in [-0.15, -0.1) is 0 Å². The smallest absolute Gasteiger partial charge is 0.406 e. The summed E-state index contributed by atoms with van der Waals surface area (Å²) in [5.41, 5.74) is 0.458. The molecule has 3 nitrogen and oxygen atoms in total. The predicted molar refractivity (Wildman–Crippen MR) is 64.3 cm³/mol. The standard InChI is InChI=1S/C11H10BrF3N2O/c1-18-10-4-8(2-3-9(10)12)17-6-7(5-16)11(13,14)15/h2-4,7,17H,6H2,1H3. The molecule has 0 radical (unpaired) electrons. The fourth-order valence-corrected chi connectivity index (χ4v) is 1.63. The Morgan fingerprint density at radius 2 is 2.17 bits per heavy atom. The Labute approximate surface area is 111 Å². The third-order valence-electron chi connectivity index (χ3n) is 2.21. The molecule has 0 aliphatic carbocycles. The second kappa shape index (κ2) is 5.96. The fraction of sp³-hybridized carbons (Fsp3) is 0.364. The summed E-state index contributed by atoms with van der Waals surface area (Å²) in [6.07, 6.45) is -4.53. The third-order valence-corrected chi connectivity index (χ3v) is 2.87.